The van der Waals surface area contributed by atoms with E-state index in [9.17, 15) is 9.50 Å². The molecule has 0 radical (unpaired) electrons. The number of benzene rings is 1. The molecule has 3 nitrogen and oxygen atoms in total. The minimum atomic E-state index is -0.524. The average molecular weight is 254 g/mol. The third-order valence-electron chi connectivity index (χ3n) is 3.37. The van der Waals surface area contributed by atoms with E-state index in [-0.39, 0.29) is 18.5 Å². The fourth-order valence-electron chi connectivity index (χ4n) is 2.29. The van der Waals surface area contributed by atoms with Gasteiger partial charge in [-0.3, -0.25) is 0 Å². The highest BCUT2D eigenvalue weighted by atomic mass is 19.1. The van der Waals surface area contributed by atoms with E-state index in [1.165, 1.54) is 12.1 Å². The Hall–Kier alpha value is -1.13. The Morgan fingerprint density at radius 3 is 2.72 bits per heavy atom. The van der Waals surface area contributed by atoms with Crippen LogP contribution in [0.1, 0.15) is 37.7 Å². The van der Waals surface area contributed by atoms with Gasteiger partial charge in [0.2, 0.25) is 0 Å². The Labute approximate surface area is 106 Å². The highest BCUT2D eigenvalue weighted by Crippen LogP contribution is 2.25. The lowest BCUT2D eigenvalue weighted by molar-refractivity contribution is 0.0297. The van der Waals surface area contributed by atoms with Crippen LogP contribution >= 0.6 is 0 Å². The van der Waals surface area contributed by atoms with E-state index in [4.69, 9.17) is 9.84 Å². The molecule has 0 amide bonds. The number of aliphatic hydroxyl groups is 2. The number of halogens is 1. The standard InChI is InChI=1S/C14H19FO3/c15-11-8-10(9-16)6-7-13(11)18-14-5-3-1-2-4-12(14)17/h6-8,12,14,16-17H,1-5,9H2. The van der Waals surface area contributed by atoms with Gasteiger partial charge in [0.15, 0.2) is 11.6 Å². The molecule has 0 aliphatic heterocycles. The number of aliphatic hydroxyl groups excluding tert-OH is 2. The molecule has 1 aliphatic carbocycles. The minimum absolute atomic E-state index is 0.151. The maximum atomic E-state index is 13.7. The molecule has 2 rings (SSSR count). The zero-order valence-electron chi connectivity index (χ0n) is 10.3. The van der Waals surface area contributed by atoms with Gasteiger partial charge in [-0.25, -0.2) is 4.39 Å². The summed E-state index contributed by atoms with van der Waals surface area (Å²) in [6, 6.07) is 4.40. The average Bonchev–Trinajstić information content (AvgIpc) is 2.57. The maximum absolute atomic E-state index is 13.7. The molecule has 2 N–H and O–H groups in total. The molecule has 0 spiro atoms. The predicted molar refractivity (Wildman–Crippen MR) is 65.8 cm³/mol. The van der Waals surface area contributed by atoms with Crippen LogP contribution in [0.25, 0.3) is 0 Å². The van der Waals surface area contributed by atoms with E-state index in [0.29, 0.717) is 12.0 Å². The molecule has 4 heteroatoms. The van der Waals surface area contributed by atoms with Crippen molar-refractivity contribution in [2.45, 2.75) is 50.9 Å². The fourth-order valence-corrected chi connectivity index (χ4v) is 2.29. The van der Waals surface area contributed by atoms with Gasteiger partial charge in [0.1, 0.15) is 6.10 Å². The Bertz CT molecular complexity index is 395. The lowest BCUT2D eigenvalue weighted by Gasteiger charge is -2.22. The van der Waals surface area contributed by atoms with Crippen molar-refractivity contribution in [1.29, 1.82) is 0 Å². The third-order valence-corrected chi connectivity index (χ3v) is 3.37. The zero-order valence-corrected chi connectivity index (χ0v) is 10.3. The first kappa shape index (κ1) is 13.3. The van der Waals surface area contributed by atoms with Crippen LogP contribution in [0.5, 0.6) is 5.75 Å². The molecule has 1 aromatic rings. The summed E-state index contributed by atoms with van der Waals surface area (Å²) in [6.45, 7) is -0.191. The normalized spacial score (nSPS) is 24.6. The monoisotopic (exact) mass is 254 g/mol. The highest BCUT2D eigenvalue weighted by molar-refractivity contribution is 5.29. The van der Waals surface area contributed by atoms with Crippen LogP contribution < -0.4 is 4.74 Å². The van der Waals surface area contributed by atoms with E-state index in [2.05, 4.69) is 0 Å². The lowest BCUT2D eigenvalue weighted by atomic mass is 10.1. The van der Waals surface area contributed by atoms with Crippen molar-refractivity contribution in [1.82, 2.24) is 0 Å². The third kappa shape index (κ3) is 3.21. The van der Waals surface area contributed by atoms with Crippen LogP contribution in [0.4, 0.5) is 4.39 Å². The molecule has 1 aromatic carbocycles. The van der Waals surface area contributed by atoms with Crippen molar-refractivity contribution in [3.8, 4) is 5.75 Å². The van der Waals surface area contributed by atoms with E-state index in [1.54, 1.807) is 6.07 Å². The number of hydrogen-bond donors (Lipinski definition) is 2. The van der Waals surface area contributed by atoms with Crippen LogP contribution in [0.3, 0.4) is 0 Å². The van der Waals surface area contributed by atoms with Gasteiger partial charge in [-0.15, -0.1) is 0 Å². The van der Waals surface area contributed by atoms with Crippen molar-refractivity contribution < 1.29 is 19.3 Å². The summed E-state index contributed by atoms with van der Waals surface area (Å²) in [5.74, 6) is -0.337. The smallest absolute Gasteiger partial charge is 0.165 e. The van der Waals surface area contributed by atoms with E-state index in [1.807, 2.05) is 0 Å². The summed E-state index contributed by atoms with van der Waals surface area (Å²) in [5.41, 5.74) is 0.515. The van der Waals surface area contributed by atoms with Gasteiger partial charge in [-0.1, -0.05) is 18.9 Å². The summed E-state index contributed by atoms with van der Waals surface area (Å²) in [5, 5.41) is 18.8. The van der Waals surface area contributed by atoms with E-state index >= 15 is 0 Å². The molecule has 18 heavy (non-hydrogen) atoms. The minimum Gasteiger partial charge on any atom is -0.485 e. The quantitative estimate of drug-likeness (QED) is 0.814. The van der Waals surface area contributed by atoms with Crippen molar-refractivity contribution in [2.75, 3.05) is 0 Å². The maximum Gasteiger partial charge on any atom is 0.165 e. The molecular weight excluding hydrogens is 235 g/mol. The topological polar surface area (TPSA) is 49.7 Å². The number of ether oxygens (including phenoxy) is 1. The molecule has 2 unspecified atom stereocenters. The SMILES string of the molecule is OCc1ccc(OC2CCCCCC2O)c(F)c1. The molecular formula is C14H19FO3. The Morgan fingerprint density at radius 2 is 2.00 bits per heavy atom. The molecule has 0 bridgehead atoms. The first-order valence-corrected chi connectivity index (χ1v) is 6.44. The van der Waals surface area contributed by atoms with Gasteiger partial charge in [-0.05, 0) is 37.0 Å². The van der Waals surface area contributed by atoms with Gasteiger partial charge >= 0.3 is 0 Å². The Balaban J connectivity index is 2.07. The molecule has 1 aliphatic rings. The lowest BCUT2D eigenvalue weighted by Crippen LogP contribution is -2.30. The van der Waals surface area contributed by atoms with Crippen molar-refractivity contribution in [2.24, 2.45) is 0 Å². The molecule has 1 fully saturated rings. The van der Waals surface area contributed by atoms with Crippen LogP contribution in [0, 0.1) is 5.82 Å². The van der Waals surface area contributed by atoms with E-state index < -0.39 is 11.9 Å². The van der Waals surface area contributed by atoms with Crippen LogP contribution in [0.15, 0.2) is 18.2 Å². The number of rotatable bonds is 3. The highest BCUT2D eigenvalue weighted by Gasteiger charge is 2.24. The Morgan fingerprint density at radius 1 is 1.22 bits per heavy atom. The van der Waals surface area contributed by atoms with Crippen molar-refractivity contribution >= 4 is 0 Å². The second-order valence-electron chi connectivity index (χ2n) is 4.78. The fraction of sp³-hybridized carbons (Fsp3) is 0.571. The van der Waals surface area contributed by atoms with Gasteiger partial charge in [0.25, 0.3) is 0 Å². The van der Waals surface area contributed by atoms with Crippen LogP contribution in [-0.2, 0) is 6.61 Å². The summed E-state index contributed by atoms with van der Waals surface area (Å²) < 4.78 is 19.3. The first-order chi connectivity index (χ1) is 8.70. The van der Waals surface area contributed by atoms with Crippen molar-refractivity contribution in [3.05, 3.63) is 29.6 Å². The summed E-state index contributed by atoms with van der Waals surface area (Å²) in [4.78, 5) is 0. The predicted octanol–water partition coefficient (Wildman–Crippen LogP) is 2.39. The molecule has 0 saturated heterocycles. The number of hydrogen-bond acceptors (Lipinski definition) is 3. The van der Waals surface area contributed by atoms with Gasteiger partial charge < -0.3 is 14.9 Å². The molecule has 0 heterocycles. The van der Waals surface area contributed by atoms with Crippen LogP contribution in [-0.4, -0.2) is 22.4 Å². The second kappa shape index (κ2) is 6.16. The molecule has 100 valence electrons. The Kier molecular flexibility index (Phi) is 4.55. The zero-order chi connectivity index (χ0) is 13.0. The first-order valence-electron chi connectivity index (χ1n) is 6.44. The van der Waals surface area contributed by atoms with Crippen LogP contribution in [0.2, 0.25) is 0 Å². The molecule has 1 saturated carbocycles. The summed E-state index contributed by atoms with van der Waals surface area (Å²) in [6.07, 6.45) is 3.68. The largest absolute Gasteiger partial charge is 0.485 e. The van der Waals surface area contributed by atoms with E-state index in [0.717, 1.165) is 25.7 Å². The van der Waals surface area contributed by atoms with Gasteiger partial charge in [-0.2, -0.15) is 0 Å². The molecule has 0 aromatic heterocycles. The van der Waals surface area contributed by atoms with Gasteiger partial charge in [0.05, 0.1) is 12.7 Å². The van der Waals surface area contributed by atoms with Gasteiger partial charge in [0, 0.05) is 0 Å². The van der Waals surface area contributed by atoms with Crippen molar-refractivity contribution in [3.63, 3.8) is 0 Å². The summed E-state index contributed by atoms with van der Waals surface area (Å²) >= 11 is 0. The molecule has 2 atom stereocenters. The summed E-state index contributed by atoms with van der Waals surface area (Å²) in [7, 11) is 0. The second-order valence-corrected chi connectivity index (χ2v) is 4.78.